The second-order valence-electron chi connectivity index (χ2n) is 8.69. The Balaban J connectivity index is 1.54. The van der Waals surface area contributed by atoms with Crippen molar-refractivity contribution in [1.29, 1.82) is 0 Å². The van der Waals surface area contributed by atoms with Crippen molar-refractivity contribution in [3.05, 3.63) is 76.0 Å². The molecule has 4 amide bonds. The highest BCUT2D eigenvalue weighted by molar-refractivity contribution is 7.10. The number of urea groups is 1. The molecule has 2 aromatic carbocycles. The van der Waals surface area contributed by atoms with Crippen LogP contribution in [0.2, 0.25) is 0 Å². The van der Waals surface area contributed by atoms with E-state index in [4.69, 9.17) is 9.47 Å². The summed E-state index contributed by atoms with van der Waals surface area (Å²) in [7, 11) is 1.53. The van der Waals surface area contributed by atoms with Crippen LogP contribution in [0.3, 0.4) is 0 Å². The van der Waals surface area contributed by atoms with Gasteiger partial charge < -0.3 is 19.7 Å². The first-order valence-corrected chi connectivity index (χ1v) is 13.1. The van der Waals surface area contributed by atoms with Crippen LogP contribution in [0.1, 0.15) is 34.1 Å². The Kier molecular flexibility index (Phi) is 8.42. The predicted octanol–water partition coefficient (Wildman–Crippen LogP) is 4.65. The smallest absolute Gasteiger partial charge is 0.338 e. The first-order valence-electron chi connectivity index (χ1n) is 12.2. The number of carbonyl (C=O) groups is 4. The van der Waals surface area contributed by atoms with E-state index in [2.05, 4.69) is 5.32 Å². The highest BCUT2D eigenvalue weighted by Gasteiger charge is 2.46. The van der Waals surface area contributed by atoms with Crippen LogP contribution in [0.4, 0.5) is 16.2 Å². The van der Waals surface area contributed by atoms with Crippen LogP contribution in [-0.2, 0) is 20.7 Å². The Morgan fingerprint density at radius 1 is 1.08 bits per heavy atom. The van der Waals surface area contributed by atoms with E-state index in [1.165, 1.54) is 18.1 Å². The summed E-state index contributed by atoms with van der Waals surface area (Å²) >= 11 is 1.59. The average molecular weight is 536 g/mol. The molecule has 10 heteroatoms. The standard InChI is InChI=1S/C28H29N3O6S/c1-4-37-27(34)19-6-5-7-20(16-19)29-25(32)17-23-26(33)31(21-8-10-22(36-3)11-9-21)28(35)30(23)14-12-24-18(2)13-15-38-24/h5-11,13,15-16,23H,4,12,14,17H2,1-3H3,(H,29,32). The number of rotatable bonds is 10. The number of ether oxygens (including phenoxy) is 2. The monoisotopic (exact) mass is 535 g/mol. The molecule has 1 unspecified atom stereocenters. The number of amides is 4. The quantitative estimate of drug-likeness (QED) is 0.299. The third-order valence-corrected chi connectivity index (χ3v) is 7.32. The summed E-state index contributed by atoms with van der Waals surface area (Å²) in [5, 5.41) is 4.73. The Hall–Kier alpha value is -4.18. The predicted molar refractivity (Wildman–Crippen MR) is 145 cm³/mol. The molecule has 0 aliphatic carbocycles. The lowest BCUT2D eigenvalue weighted by Crippen LogP contribution is -2.39. The number of methoxy groups -OCH3 is 1. The Labute approximate surface area is 225 Å². The molecule has 38 heavy (non-hydrogen) atoms. The van der Waals surface area contributed by atoms with E-state index in [9.17, 15) is 19.2 Å². The highest BCUT2D eigenvalue weighted by Crippen LogP contribution is 2.29. The minimum atomic E-state index is -0.974. The number of nitrogens with one attached hydrogen (secondary N) is 1. The molecular weight excluding hydrogens is 506 g/mol. The second-order valence-corrected chi connectivity index (χ2v) is 9.69. The molecule has 0 saturated carbocycles. The topological polar surface area (TPSA) is 105 Å². The van der Waals surface area contributed by atoms with E-state index < -0.39 is 29.9 Å². The molecule has 9 nitrogen and oxygen atoms in total. The fraction of sp³-hybridized carbons (Fsp3) is 0.286. The van der Waals surface area contributed by atoms with Gasteiger partial charge in [-0.1, -0.05) is 6.07 Å². The van der Waals surface area contributed by atoms with Crippen LogP contribution in [0, 0.1) is 6.92 Å². The van der Waals surface area contributed by atoms with E-state index in [0.717, 1.165) is 15.3 Å². The van der Waals surface area contributed by atoms with Gasteiger partial charge in [0.25, 0.3) is 5.91 Å². The molecule has 1 fully saturated rings. The molecule has 1 atom stereocenters. The van der Waals surface area contributed by atoms with E-state index in [1.54, 1.807) is 60.7 Å². The molecule has 0 bridgehead atoms. The SMILES string of the molecule is CCOC(=O)c1cccc(NC(=O)CC2C(=O)N(c3ccc(OC)cc3)C(=O)N2CCc2sccc2C)c1. The van der Waals surface area contributed by atoms with Crippen molar-refractivity contribution in [3.63, 3.8) is 0 Å². The number of anilines is 2. The first kappa shape index (κ1) is 26.9. The van der Waals surface area contributed by atoms with Gasteiger partial charge in [-0.05, 0) is 79.7 Å². The van der Waals surface area contributed by atoms with E-state index in [-0.39, 0.29) is 19.6 Å². The van der Waals surface area contributed by atoms with E-state index in [1.807, 2.05) is 18.4 Å². The van der Waals surface area contributed by atoms with Crippen LogP contribution in [0.5, 0.6) is 5.75 Å². The maximum atomic E-state index is 13.5. The zero-order valence-electron chi connectivity index (χ0n) is 21.4. The van der Waals surface area contributed by atoms with Crippen molar-refractivity contribution < 1.29 is 28.7 Å². The lowest BCUT2D eigenvalue weighted by molar-refractivity contribution is -0.124. The largest absolute Gasteiger partial charge is 0.497 e. The number of carbonyl (C=O) groups excluding carboxylic acids is 4. The van der Waals surface area contributed by atoms with E-state index >= 15 is 0 Å². The summed E-state index contributed by atoms with van der Waals surface area (Å²) in [6.07, 6.45) is 0.336. The third-order valence-electron chi connectivity index (χ3n) is 6.23. The van der Waals surface area contributed by atoms with Crippen molar-refractivity contribution in [2.45, 2.75) is 32.7 Å². The van der Waals surface area contributed by atoms with Crippen LogP contribution in [0.15, 0.2) is 60.0 Å². The minimum absolute atomic E-state index is 0.232. The summed E-state index contributed by atoms with van der Waals surface area (Å²) in [5.41, 5.74) is 2.22. The number of benzene rings is 2. The molecule has 198 valence electrons. The maximum Gasteiger partial charge on any atom is 0.338 e. The molecule has 1 aliphatic heterocycles. The van der Waals surface area contributed by atoms with Crippen molar-refractivity contribution in [1.82, 2.24) is 4.90 Å². The van der Waals surface area contributed by atoms with Gasteiger partial charge in [-0.3, -0.25) is 9.59 Å². The molecule has 0 spiro atoms. The van der Waals surface area contributed by atoms with Gasteiger partial charge in [-0.2, -0.15) is 0 Å². The Morgan fingerprint density at radius 2 is 1.84 bits per heavy atom. The Bertz CT molecular complexity index is 1340. The van der Waals surface area contributed by atoms with Crippen LogP contribution in [0.25, 0.3) is 0 Å². The maximum absolute atomic E-state index is 13.5. The zero-order valence-corrected chi connectivity index (χ0v) is 22.2. The fourth-order valence-corrected chi connectivity index (χ4v) is 5.16. The van der Waals surface area contributed by atoms with Gasteiger partial charge in [0.15, 0.2) is 0 Å². The Morgan fingerprint density at radius 3 is 2.50 bits per heavy atom. The van der Waals surface area contributed by atoms with Gasteiger partial charge in [0, 0.05) is 17.1 Å². The number of thiophene rings is 1. The van der Waals surface area contributed by atoms with Crippen molar-refractivity contribution in [2.24, 2.45) is 0 Å². The van der Waals surface area contributed by atoms with E-state index in [0.29, 0.717) is 29.1 Å². The molecule has 2 heterocycles. The zero-order chi connectivity index (χ0) is 27.2. The number of imide groups is 1. The molecule has 1 saturated heterocycles. The highest BCUT2D eigenvalue weighted by atomic mass is 32.1. The molecule has 4 rings (SSSR count). The van der Waals surface area contributed by atoms with Crippen molar-refractivity contribution in [2.75, 3.05) is 30.5 Å². The minimum Gasteiger partial charge on any atom is -0.497 e. The lowest BCUT2D eigenvalue weighted by Gasteiger charge is -2.21. The second kappa shape index (κ2) is 11.9. The number of aryl methyl sites for hydroxylation is 1. The first-order chi connectivity index (χ1) is 18.3. The van der Waals surface area contributed by atoms with Gasteiger partial charge in [0.05, 0.1) is 31.4 Å². The molecule has 1 aromatic heterocycles. The van der Waals surface area contributed by atoms with Gasteiger partial charge in [-0.15, -0.1) is 11.3 Å². The van der Waals surface area contributed by atoms with Gasteiger partial charge in [0.1, 0.15) is 11.8 Å². The van der Waals surface area contributed by atoms with Crippen LogP contribution < -0.4 is 15.0 Å². The molecule has 0 radical (unpaired) electrons. The number of nitrogens with zero attached hydrogens (tertiary/aromatic N) is 2. The van der Waals surface area contributed by atoms with Gasteiger partial charge in [0.2, 0.25) is 5.91 Å². The molecule has 1 aliphatic rings. The average Bonchev–Trinajstić information content (AvgIpc) is 3.42. The molecular formula is C28H29N3O6S. The lowest BCUT2D eigenvalue weighted by atomic mass is 10.1. The summed E-state index contributed by atoms with van der Waals surface area (Å²) in [6.45, 7) is 4.24. The molecule has 1 N–H and O–H groups in total. The summed E-state index contributed by atoms with van der Waals surface area (Å²) in [4.78, 5) is 55.7. The van der Waals surface area contributed by atoms with Crippen molar-refractivity contribution >= 4 is 46.5 Å². The number of hydrogen-bond acceptors (Lipinski definition) is 7. The fourth-order valence-electron chi connectivity index (χ4n) is 4.26. The summed E-state index contributed by atoms with van der Waals surface area (Å²) < 4.78 is 10.2. The summed E-state index contributed by atoms with van der Waals surface area (Å²) in [5.74, 6) is -0.825. The normalized spacial score (nSPS) is 15.1. The van der Waals surface area contributed by atoms with Crippen LogP contribution >= 0.6 is 11.3 Å². The van der Waals surface area contributed by atoms with Crippen LogP contribution in [-0.4, -0.2) is 55.0 Å². The summed E-state index contributed by atoms with van der Waals surface area (Å²) in [6, 6.07) is 13.6. The third kappa shape index (κ3) is 5.86. The molecule has 3 aromatic rings. The number of hydrogen-bond donors (Lipinski definition) is 1. The van der Waals surface area contributed by atoms with Gasteiger partial charge >= 0.3 is 12.0 Å². The number of esters is 1. The van der Waals surface area contributed by atoms with Crippen molar-refractivity contribution in [3.8, 4) is 5.75 Å². The van der Waals surface area contributed by atoms with Gasteiger partial charge in [-0.25, -0.2) is 14.5 Å².